The van der Waals surface area contributed by atoms with Gasteiger partial charge < -0.3 is 24.6 Å². The molecule has 2 aliphatic heterocycles. The fourth-order valence-electron chi connectivity index (χ4n) is 3.62. The number of hydrogen-bond acceptors (Lipinski definition) is 6. The first-order chi connectivity index (χ1) is 13.1. The summed E-state index contributed by atoms with van der Waals surface area (Å²) >= 11 is 5.62. The number of phenols is 1. The van der Waals surface area contributed by atoms with Crippen LogP contribution in [0, 0.1) is 5.92 Å². The molecule has 7 heteroatoms. The van der Waals surface area contributed by atoms with Gasteiger partial charge in [0.25, 0.3) is 0 Å². The zero-order valence-electron chi connectivity index (χ0n) is 15.2. The molecular weight excluding hydrogens is 364 g/mol. The van der Waals surface area contributed by atoms with E-state index in [1.807, 2.05) is 37.3 Å². The maximum atomic E-state index is 10.5. The van der Waals surface area contributed by atoms with Crippen molar-refractivity contribution in [3.63, 3.8) is 0 Å². The van der Waals surface area contributed by atoms with E-state index in [0.717, 1.165) is 23.5 Å². The summed E-state index contributed by atoms with van der Waals surface area (Å²) in [4.78, 5) is 0.707. The van der Waals surface area contributed by atoms with Gasteiger partial charge in [-0.3, -0.25) is 5.32 Å². The number of ether oxygens (including phenoxy) is 3. The Morgan fingerprint density at radius 1 is 1.22 bits per heavy atom. The number of para-hydroxylation sites is 2. The monoisotopic (exact) mass is 386 g/mol. The normalized spacial score (nSPS) is 23.5. The molecule has 27 heavy (non-hydrogen) atoms. The van der Waals surface area contributed by atoms with Gasteiger partial charge in [-0.1, -0.05) is 36.5 Å². The van der Waals surface area contributed by atoms with E-state index < -0.39 is 0 Å². The van der Waals surface area contributed by atoms with Gasteiger partial charge in [-0.25, -0.2) is 0 Å². The number of nitrogens with one attached hydrogen (secondary N) is 2. The van der Waals surface area contributed by atoms with Gasteiger partial charge in [0.05, 0.1) is 24.6 Å². The van der Waals surface area contributed by atoms with Crippen molar-refractivity contribution in [1.29, 1.82) is 0 Å². The van der Waals surface area contributed by atoms with Crippen LogP contribution in [0.5, 0.6) is 23.0 Å². The predicted molar refractivity (Wildman–Crippen MR) is 105 cm³/mol. The fourth-order valence-corrected chi connectivity index (χ4v) is 3.94. The van der Waals surface area contributed by atoms with Crippen LogP contribution in [0.4, 0.5) is 0 Å². The Balaban J connectivity index is 1.64. The van der Waals surface area contributed by atoms with Crippen LogP contribution in [0.15, 0.2) is 36.4 Å². The molecule has 2 aromatic carbocycles. The van der Waals surface area contributed by atoms with E-state index in [1.165, 1.54) is 7.11 Å². The molecule has 2 heterocycles. The van der Waals surface area contributed by atoms with Gasteiger partial charge >= 0.3 is 0 Å². The van der Waals surface area contributed by atoms with Crippen LogP contribution in [0.25, 0.3) is 0 Å². The average Bonchev–Trinajstić information content (AvgIpc) is 2.67. The summed E-state index contributed by atoms with van der Waals surface area (Å²) in [7, 11) is 1.53. The summed E-state index contributed by atoms with van der Waals surface area (Å²) in [6.45, 7) is 2.52. The van der Waals surface area contributed by atoms with Crippen LogP contribution >= 0.6 is 12.2 Å². The average molecular weight is 386 g/mol. The topological polar surface area (TPSA) is 72.0 Å². The zero-order valence-corrected chi connectivity index (χ0v) is 16.0. The van der Waals surface area contributed by atoms with E-state index in [0.29, 0.717) is 22.9 Å². The molecule has 0 saturated carbocycles. The van der Waals surface area contributed by atoms with Crippen LogP contribution in [-0.2, 0) is 6.42 Å². The minimum atomic E-state index is -0.380. The summed E-state index contributed by atoms with van der Waals surface area (Å²) in [6.07, 6.45) is 0.0643. The molecule has 0 amide bonds. The molecule has 0 aromatic heterocycles. The Labute approximate surface area is 163 Å². The summed E-state index contributed by atoms with van der Waals surface area (Å²) in [5.74, 6) is 2.00. The highest BCUT2D eigenvalue weighted by molar-refractivity contribution is 7.80. The largest absolute Gasteiger partial charge is 0.504 e. The molecule has 6 nitrogen and oxygen atoms in total. The molecule has 0 spiro atoms. The van der Waals surface area contributed by atoms with Crippen molar-refractivity contribution in [2.24, 2.45) is 5.92 Å². The second kappa shape index (κ2) is 7.25. The second-order valence-corrected chi connectivity index (χ2v) is 6.97. The first kappa shape index (κ1) is 17.9. The number of phenolic OH excluding ortho intramolecular Hbond substituents is 1. The molecule has 1 fully saturated rings. The van der Waals surface area contributed by atoms with Crippen molar-refractivity contribution < 1.29 is 19.3 Å². The summed E-state index contributed by atoms with van der Waals surface area (Å²) in [5, 5.41) is 17.2. The molecule has 0 aliphatic carbocycles. The van der Waals surface area contributed by atoms with E-state index in [2.05, 4.69) is 10.6 Å². The Hall–Kier alpha value is -2.51. The predicted octanol–water partition coefficient (Wildman–Crippen LogP) is 2.90. The first-order valence-corrected chi connectivity index (χ1v) is 9.36. The minimum absolute atomic E-state index is 0.00776. The molecule has 3 atom stereocenters. The standard InChI is InChI=1S/C20H22N2O4S/c1-3-25-15-9-4-6-11-10-13-19(26-17(11)15)21-18(22-20(13)27)12-7-5-8-14(24-2)16(12)23/h4-9,13,18-19,21,23H,3,10H2,1-2H3,(H,22,27). The lowest BCUT2D eigenvalue weighted by Crippen LogP contribution is -2.60. The van der Waals surface area contributed by atoms with E-state index in [9.17, 15) is 5.11 Å². The third-order valence-electron chi connectivity index (χ3n) is 4.93. The molecule has 4 rings (SSSR count). The number of thiocarbonyl (C=S) groups is 1. The quantitative estimate of drug-likeness (QED) is 0.698. The fraction of sp³-hybridized carbons (Fsp3) is 0.350. The Morgan fingerprint density at radius 3 is 2.78 bits per heavy atom. The second-order valence-electron chi connectivity index (χ2n) is 6.53. The van der Waals surface area contributed by atoms with Gasteiger partial charge in [-0.15, -0.1) is 0 Å². The first-order valence-electron chi connectivity index (χ1n) is 8.96. The highest BCUT2D eigenvalue weighted by atomic mass is 32.1. The molecule has 142 valence electrons. The lowest BCUT2D eigenvalue weighted by molar-refractivity contribution is 0.0757. The summed E-state index contributed by atoms with van der Waals surface area (Å²) < 4.78 is 17.2. The van der Waals surface area contributed by atoms with E-state index in [1.54, 1.807) is 6.07 Å². The Bertz CT molecular complexity index is 873. The third kappa shape index (κ3) is 3.17. The van der Waals surface area contributed by atoms with Gasteiger partial charge in [-0.05, 0) is 31.0 Å². The number of benzene rings is 2. The number of methoxy groups -OCH3 is 1. The minimum Gasteiger partial charge on any atom is -0.504 e. The van der Waals surface area contributed by atoms with Crippen molar-refractivity contribution in [3.05, 3.63) is 47.5 Å². The Kier molecular flexibility index (Phi) is 4.80. The molecule has 0 bridgehead atoms. The smallest absolute Gasteiger partial charge is 0.166 e. The lowest BCUT2D eigenvalue weighted by Gasteiger charge is -2.42. The van der Waals surface area contributed by atoms with Gasteiger partial charge in [0, 0.05) is 5.56 Å². The Morgan fingerprint density at radius 2 is 2.00 bits per heavy atom. The van der Waals surface area contributed by atoms with Crippen LogP contribution in [0.3, 0.4) is 0 Å². The number of aromatic hydroxyl groups is 1. The van der Waals surface area contributed by atoms with E-state index >= 15 is 0 Å². The van der Waals surface area contributed by atoms with Crippen molar-refractivity contribution in [2.45, 2.75) is 25.7 Å². The number of hydrogen-bond donors (Lipinski definition) is 3. The van der Waals surface area contributed by atoms with Crippen LogP contribution in [0.2, 0.25) is 0 Å². The van der Waals surface area contributed by atoms with Crippen LogP contribution < -0.4 is 24.8 Å². The van der Waals surface area contributed by atoms with Crippen molar-refractivity contribution in [3.8, 4) is 23.0 Å². The summed E-state index contributed by atoms with van der Waals surface area (Å²) in [5.41, 5.74) is 1.73. The van der Waals surface area contributed by atoms with Crippen LogP contribution in [-0.4, -0.2) is 30.0 Å². The van der Waals surface area contributed by atoms with Crippen molar-refractivity contribution in [2.75, 3.05) is 13.7 Å². The molecule has 3 N–H and O–H groups in total. The molecule has 2 aromatic rings. The molecule has 1 saturated heterocycles. The van der Waals surface area contributed by atoms with Gasteiger partial charge in [-0.2, -0.15) is 0 Å². The van der Waals surface area contributed by atoms with Crippen molar-refractivity contribution >= 4 is 17.2 Å². The van der Waals surface area contributed by atoms with Gasteiger partial charge in [0.1, 0.15) is 6.17 Å². The molecular formula is C20H22N2O4S. The highest BCUT2D eigenvalue weighted by Gasteiger charge is 2.40. The van der Waals surface area contributed by atoms with Gasteiger partial charge in [0.15, 0.2) is 29.2 Å². The van der Waals surface area contributed by atoms with Gasteiger partial charge in [0.2, 0.25) is 0 Å². The molecule has 0 radical (unpaired) electrons. The SMILES string of the molecule is CCOc1cccc2c1OC1NC(c3cccc(OC)c3O)NC(=S)C1C2. The lowest BCUT2D eigenvalue weighted by atomic mass is 9.91. The van der Waals surface area contributed by atoms with E-state index in [-0.39, 0.29) is 24.1 Å². The third-order valence-corrected chi connectivity index (χ3v) is 5.35. The molecule has 3 unspecified atom stereocenters. The van der Waals surface area contributed by atoms with Crippen molar-refractivity contribution in [1.82, 2.24) is 10.6 Å². The maximum Gasteiger partial charge on any atom is 0.166 e. The summed E-state index contributed by atoms with van der Waals surface area (Å²) in [6, 6.07) is 11.3. The number of rotatable bonds is 4. The molecule has 2 aliphatic rings. The van der Waals surface area contributed by atoms with Crippen LogP contribution in [0.1, 0.15) is 24.2 Å². The highest BCUT2D eigenvalue weighted by Crippen LogP contribution is 2.41. The maximum absolute atomic E-state index is 10.5. The number of fused-ring (bicyclic) bond motifs is 2. The zero-order chi connectivity index (χ0) is 19.0. The van der Waals surface area contributed by atoms with E-state index in [4.69, 9.17) is 26.4 Å².